The molecule has 98 valence electrons. The van der Waals surface area contributed by atoms with Gasteiger partial charge in [0, 0.05) is 12.2 Å². The van der Waals surface area contributed by atoms with Gasteiger partial charge in [-0.15, -0.1) is 0 Å². The van der Waals surface area contributed by atoms with Gasteiger partial charge in [-0.1, -0.05) is 26.0 Å². The second kappa shape index (κ2) is 5.40. The number of benzene rings is 1. The SMILES string of the molecule is CC(C)Cc1ccc(N2CC(CN)OC2=O)cc1. The average molecular weight is 248 g/mol. The van der Waals surface area contributed by atoms with Crippen LogP contribution in [0.5, 0.6) is 0 Å². The lowest BCUT2D eigenvalue weighted by molar-refractivity contribution is 0.145. The number of nitrogens with two attached hydrogens (primary N) is 1. The normalized spacial score (nSPS) is 19.4. The number of carbonyl (C=O) groups is 1. The van der Waals surface area contributed by atoms with Crippen molar-refractivity contribution >= 4 is 11.8 Å². The molecule has 2 rings (SSSR count). The highest BCUT2D eigenvalue weighted by atomic mass is 16.6. The zero-order valence-corrected chi connectivity index (χ0v) is 10.9. The predicted octanol–water partition coefficient (Wildman–Crippen LogP) is 2.17. The van der Waals surface area contributed by atoms with Crippen LogP contribution in [0.2, 0.25) is 0 Å². The topological polar surface area (TPSA) is 55.6 Å². The summed E-state index contributed by atoms with van der Waals surface area (Å²) in [6, 6.07) is 8.08. The van der Waals surface area contributed by atoms with E-state index in [0.29, 0.717) is 19.0 Å². The molecule has 0 bridgehead atoms. The third-order valence-corrected chi connectivity index (χ3v) is 3.03. The molecular formula is C14H20N2O2. The highest BCUT2D eigenvalue weighted by Crippen LogP contribution is 2.22. The second-order valence-corrected chi connectivity index (χ2v) is 5.12. The summed E-state index contributed by atoms with van der Waals surface area (Å²) >= 11 is 0. The van der Waals surface area contributed by atoms with E-state index in [1.165, 1.54) is 5.56 Å². The third-order valence-electron chi connectivity index (χ3n) is 3.03. The Bertz CT molecular complexity index is 414. The summed E-state index contributed by atoms with van der Waals surface area (Å²) in [5.41, 5.74) is 7.68. The summed E-state index contributed by atoms with van der Waals surface area (Å²) < 4.78 is 5.13. The van der Waals surface area contributed by atoms with Gasteiger partial charge in [0.25, 0.3) is 0 Å². The maximum Gasteiger partial charge on any atom is 0.414 e. The van der Waals surface area contributed by atoms with E-state index >= 15 is 0 Å². The van der Waals surface area contributed by atoms with Crippen LogP contribution in [0.3, 0.4) is 0 Å². The lowest BCUT2D eigenvalue weighted by Crippen LogP contribution is -2.27. The van der Waals surface area contributed by atoms with E-state index in [-0.39, 0.29) is 12.2 Å². The molecule has 1 fully saturated rings. The number of cyclic esters (lactones) is 1. The molecule has 1 aromatic rings. The van der Waals surface area contributed by atoms with E-state index in [9.17, 15) is 4.79 Å². The highest BCUT2D eigenvalue weighted by molar-refractivity contribution is 5.89. The standard InChI is InChI=1S/C14H20N2O2/c1-10(2)7-11-3-5-12(6-4-11)16-9-13(8-15)18-14(16)17/h3-6,10,13H,7-9,15H2,1-2H3. The molecule has 0 aliphatic carbocycles. The molecule has 1 aliphatic heterocycles. The molecule has 1 aliphatic rings. The number of hydrogen-bond acceptors (Lipinski definition) is 3. The Labute approximate surface area is 108 Å². The van der Waals surface area contributed by atoms with Crippen LogP contribution in [0.4, 0.5) is 10.5 Å². The summed E-state index contributed by atoms with van der Waals surface area (Å²) in [5.74, 6) is 0.634. The van der Waals surface area contributed by atoms with Gasteiger partial charge < -0.3 is 10.5 Å². The Hall–Kier alpha value is -1.55. The van der Waals surface area contributed by atoms with Crippen molar-refractivity contribution in [3.05, 3.63) is 29.8 Å². The number of rotatable bonds is 4. The first kappa shape index (κ1) is 12.9. The minimum Gasteiger partial charge on any atom is -0.443 e. The van der Waals surface area contributed by atoms with Crippen LogP contribution in [0, 0.1) is 5.92 Å². The van der Waals surface area contributed by atoms with Crippen molar-refractivity contribution in [2.24, 2.45) is 11.7 Å². The molecule has 2 N–H and O–H groups in total. The highest BCUT2D eigenvalue weighted by Gasteiger charge is 2.31. The second-order valence-electron chi connectivity index (χ2n) is 5.12. The fraction of sp³-hybridized carbons (Fsp3) is 0.500. The summed E-state index contributed by atoms with van der Waals surface area (Å²) in [6.45, 7) is 5.29. The molecule has 1 unspecified atom stereocenters. The maximum absolute atomic E-state index is 11.7. The van der Waals surface area contributed by atoms with Crippen LogP contribution in [-0.4, -0.2) is 25.3 Å². The lowest BCUT2D eigenvalue weighted by Gasteiger charge is -2.13. The van der Waals surface area contributed by atoms with Gasteiger partial charge in [-0.05, 0) is 30.0 Å². The van der Waals surface area contributed by atoms with Crippen LogP contribution in [0.25, 0.3) is 0 Å². The number of amides is 1. The van der Waals surface area contributed by atoms with Gasteiger partial charge in [0.05, 0.1) is 6.54 Å². The fourth-order valence-corrected chi connectivity index (χ4v) is 2.14. The van der Waals surface area contributed by atoms with Crippen molar-refractivity contribution < 1.29 is 9.53 Å². The Morgan fingerprint density at radius 3 is 2.56 bits per heavy atom. The number of carbonyl (C=O) groups excluding carboxylic acids is 1. The van der Waals surface area contributed by atoms with E-state index in [1.807, 2.05) is 12.1 Å². The summed E-state index contributed by atoms with van der Waals surface area (Å²) in [7, 11) is 0. The molecule has 0 saturated carbocycles. The number of anilines is 1. The first-order valence-electron chi connectivity index (χ1n) is 6.37. The Balaban J connectivity index is 2.08. The molecule has 1 atom stereocenters. The third kappa shape index (κ3) is 2.82. The first-order valence-corrected chi connectivity index (χ1v) is 6.37. The molecule has 1 amide bonds. The van der Waals surface area contributed by atoms with Gasteiger partial charge in [-0.25, -0.2) is 4.79 Å². The van der Waals surface area contributed by atoms with Crippen LogP contribution in [-0.2, 0) is 11.2 Å². The van der Waals surface area contributed by atoms with E-state index in [4.69, 9.17) is 10.5 Å². The predicted molar refractivity (Wildman–Crippen MR) is 71.7 cm³/mol. The first-order chi connectivity index (χ1) is 8.60. The van der Waals surface area contributed by atoms with Gasteiger partial charge in [0.1, 0.15) is 6.10 Å². The zero-order chi connectivity index (χ0) is 13.1. The quantitative estimate of drug-likeness (QED) is 0.888. The minimum atomic E-state index is -0.304. The number of nitrogens with zero attached hydrogens (tertiary/aromatic N) is 1. The van der Waals surface area contributed by atoms with Crippen molar-refractivity contribution in [2.45, 2.75) is 26.4 Å². The Kier molecular flexibility index (Phi) is 3.87. The maximum atomic E-state index is 11.7. The summed E-state index contributed by atoms with van der Waals surface area (Å²) in [6.07, 6.45) is 0.561. The van der Waals surface area contributed by atoms with Crippen LogP contribution < -0.4 is 10.6 Å². The van der Waals surface area contributed by atoms with Crippen molar-refractivity contribution in [3.63, 3.8) is 0 Å². The average Bonchev–Trinajstić information content (AvgIpc) is 2.71. The van der Waals surface area contributed by atoms with Crippen LogP contribution in [0.1, 0.15) is 19.4 Å². The molecule has 0 spiro atoms. The van der Waals surface area contributed by atoms with Crippen molar-refractivity contribution in [3.8, 4) is 0 Å². The molecule has 1 heterocycles. The molecule has 4 nitrogen and oxygen atoms in total. The molecule has 1 saturated heterocycles. The van der Waals surface area contributed by atoms with Crippen molar-refractivity contribution in [2.75, 3.05) is 18.0 Å². The van der Waals surface area contributed by atoms with Crippen molar-refractivity contribution in [1.82, 2.24) is 0 Å². The number of hydrogen-bond donors (Lipinski definition) is 1. The molecule has 0 radical (unpaired) electrons. The molecule has 18 heavy (non-hydrogen) atoms. The molecular weight excluding hydrogens is 228 g/mol. The zero-order valence-electron chi connectivity index (χ0n) is 10.9. The van der Waals surface area contributed by atoms with Crippen LogP contribution >= 0.6 is 0 Å². The Morgan fingerprint density at radius 1 is 1.39 bits per heavy atom. The summed E-state index contributed by atoms with van der Waals surface area (Å²) in [4.78, 5) is 13.3. The van der Waals surface area contributed by atoms with E-state index in [0.717, 1.165) is 12.1 Å². The largest absolute Gasteiger partial charge is 0.443 e. The van der Waals surface area contributed by atoms with Gasteiger partial charge in [-0.2, -0.15) is 0 Å². The van der Waals surface area contributed by atoms with Gasteiger partial charge in [-0.3, -0.25) is 4.90 Å². The number of ether oxygens (including phenoxy) is 1. The molecule has 0 aromatic heterocycles. The Morgan fingerprint density at radius 2 is 2.06 bits per heavy atom. The smallest absolute Gasteiger partial charge is 0.414 e. The molecule has 4 heteroatoms. The summed E-state index contributed by atoms with van der Waals surface area (Å²) in [5, 5.41) is 0. The lowest BCUT2D eigenvalue weighted by atomic mass is 10.0. The van der Waals surface area contributed by atoms with E-state index in [2.05, 4.69) is 26.0 Å². The van der Waals surface area contributed by atoms with Gasteiger partial charge in [0.15, 0.2) is 0 Å². The van der Waals surface area contributed by atoms with E-state index in [1.54, 1.807) is 4.90 Å². The van der Waals surface area contributed by atoms with E-state index < -0.39 is 0 Å². The van der Waals surface area contributed by atoms with Gasteiger partial charge >= 0.3 is 6.09 Å². The fourth-order valence-electron chi connectivity index (χ4n) is 2.14. The minimum absolute atomic E-state index is 0.187. The van der Waals surface area contributed by atoms with Crippen molar-refractivity contribution in [1.29, 1.82) is 0 Å². The van der Waals surface area contributed by atoms with Gasteiger partial charge in [0.2, 0.25) is 0 Å². The van der Waals surface area contributed by atoms with Crippen LogP contribution in [0.15, 0.2) is 24.3 Å². The molecule has 1 aromatic carbocycles. The monoisotopic (exact) mass is 248 g/mol.